The van der Waals surface area contributed by atoms with E-state index in [4.69, 9.17) is 0 Å². The van der Waals surface area contributed by atoms with Crippen LogP contribution in [-0.2, 0) is 16.0 Å². The molecule has 0 saturated carbocycles. The van der Waals surface area contributed by atoms with Gasteiger partial charge in [-0.1, -0.05) is 6.07 Å². The van der Waals surface area contributed by atoms with Gasteiger partial charge in [0.25, 0.3) is 0 Å². The number of carboxylic acid groups (broad SMARTS) is 1. The predicted octanol–water partition coefficient (Wildman–Crippen LogP) is 4.60. The van der Waals surface area contributed by atoms with E-state index in [1.165, 1.54) is 23.5 Å². The summed E-state index contributed by atoms with van der Waals surface area (Å²) in [5.74, 6) is -5.43. The average molecular weight is 405 g/mol. The van der Waals surface area contributed by atoms with Crippen molar-refractivity contribution in [1.82, 2.24) is 4.98 Å². The van der Waals surface area contributed by atoms with Crippen LogP contribution in [0.2, 0.25) is 0 Å². The highest BCUT2D eigenvalue weighted by atomic mass is 32.1. The molecule has 0 aliphatic rings. The minimum atomic E-state index is -1.41. The van der Waals surface area contributed by atoms with Gasteiger partial charge in [0, 0.05) is 35.4 Å². The van der Waals surface area contributed by atoms with Crippen LogP contribution in [0.4, 0.5) is 13.2 Å². The van der Waals surface area contributed by atoms with E-state index in [2.05, 4.69) is 4.98 Å². The number of ketones is 1. The van der Waals surface area contributed by atoms with Crippen LogP contribution in [0.1, 0.15) is 23.6 Å². The smallest absolute Gasteiger partial charge is 0.311 e. The minimum Gasteiger partial charge on any atom is -0.481 e. The molecule has 1 heterocycles. The summed E-state index contributed by atoms with van der Waals surface area (Å²) < 4.78 is 39.9. The zero-order valence-corrected chi connectivity index (χ0v) is 15.2. The molecule has 8 heteroatoms. The Morgan fingerprint density at radius 1 is 1.04 bits per heavy atom. The van der Waals surface area contributed by atoms with E-state index >= 15 is 0 Å². The van der Waals surface area contributed by atoms with Gasteiger partial charge in [-0.05, 0) is 30.3 Å². The maximum atomic E-state index is 13.9. The highest BCUT2D eigenvalue weighted by molar-refractivity contribution is 7.13. The lowest BCUT2D eigenvalue weighted by molar-refractivity contribution is -0.140. The molecule has 0 amide bonds. The van der Waals surface area contributed by atoms with Crippen LogP contribution in [0.15, 0.2) is 47.8 Å². The van der Waals surface area contributed by atoms with Crippen molar-refractivity contribution in [3.05, 3.63) is 76.6 Å². The SMILES string of the molecule is O=C(Cc1csc(-c2ccc(F)cc2)n1)CC(C(=O)O)c1ccc(F)cc1F. The summed E-state index contributed by atoms with van der Waals surface area (Å²) in [5, 5.41) is 11.6. The fourth-order valence-corrected chi connectivity index (χ4v) is 3.56. The summed E-state index contributed by atoms with van der Waals surface area (Å²) in [6.45, 7) is 0. The number of nitrogens with zero attached hydrogens (tertiary/aromatic N) is 1. The third-order valence-electron chi connectivity index (χ3n) is 4.09. The average Bonchev–Trinajstić information content (AvgIpc) is 3.09. The topological polar surface area (TPSA) is 67.3 Å². The summed E-state index contributed by atoms with van der Waals surface area (Å²) >= 11 is 1.27. The Bertz CT molecular complexity index is 1020. The second-order valence-corrected chi connectivity index (χ2v) is 6.99. The van der Waals surface area contributed by atoms with Gasteiger partial charge in [0.1, 0.15) is 28.2 Å². The lowest BCUT2D eigenvalue weighted by Gasteiger charge is -2.12. The largest absolute Gasteiger partial charge is 0.481 e. The molecule has 0 aliphatic carbocycles. The number of halogens is 3. The van der Waals surface area contributed by atoms with Gasteiger partial charge in [-0.25, -0.2) is 18.2 Å². The Morgan fingerprint density at radius 2 is 1.71 bits per heavy atom. The number of aliphatic carboxylic acids is 1. The van der Waals surface area contributed by atoms with Gasteiger partial charge in [0.2, 0.25) is 0 Å². The molecule has 1 unspecified atom stereocenters. The van der Waals surface area contributed by atoms with Crippen molar-refractivity contribution in [2.24, 2.45) is 0 Å². The van der Waals surface area contributed by atoms with E-state index in [-0.39, 0.29) is 17.8 Å². The number of hydrogen-bond acceptors (Lipinski definition) is 4. The maximum absolute atomic E-state index is 13.9. The first kappa shape index (κ1) is 19.8. The molecular weight excluding hydrogens is 391 g/mol. The van der Waals surface area contributed by atoms with E-state index in [1.807, 2.05) is 0 Å². The van der Waals surface area contributed by atoms with Crippen LogP contribution in [0, 0.1) is 17.5 Å². The van der Waals surface area contributed by atoms with Gasteiger partial charge in [0.15, 0.2) is 0 Å². The van der Waals surface area contributed by atoms with Crippen molar-refractivity contribution in [3.8, 4) is 10.6 Å². The van der Waals surface area contributed by atoms with Crippen molar-refractivity contribution >= 4 is 23.1 Å². The molecule has 0 radical (unpaired) electrons. The van der Waals surface area contributed by atoms with E-state index in [1.54, 1.807) is 17.5 Å². The molecule has 3 rings (SSSR count). The number of carbonyl (C=O) groups is 2. The Hall–Kier alpha value is -3.00. The zero-order chi connectivity index (χ0) is 20.3. The molecule has 0 saturated heterocycles. The fraction of sp³-hybridized carbons (Fsp3) is 0.150. The third-order valence-corrected chi connectivity index (χ3v) is 5.03. The first-order chi connectivity index (χ1) is 13.3. The molecule has 0 aliphatic heterocycles. The van der Waals surface area contributed by atoms with Gasteiger partial charge < -0.3 is 5.11 Å². The zero-order valence-electron chi connectivity index (χ0n) is 14.4. The lowest BCUT2D eigenvalue weighted by atomic mass is 9.92. The third kappa shape index (κ3) is 4.64. The van der Waals surface area contributed by atoms with Crippen LogP contribution in [-0.4, -0.2) is 21.8 Å². The number of thiazole rings is 1. The van der Waals surface area contributed by atoms with E-state index in [0.29, 0.717) is 22.3 Å². The second kappa shape index (κ2) is 8.35. The molecule has 1 N–H and O–H groups in total. The summed E-state index contributed by atoms with van der Waals surface area (Å²) in [4.78, 5) is 28.1. The van der Waals surface area contributed by atoms with Crippen molar-refractivity contribution < 1.29 is 27.9 Å². The molecule has 1 aromatic heterocycles. The van der Waals surface area contributed by atoms with Crippen molar-refractivity contribution in [3.63, 3.8) is 0 Å². The maximum Gasteiger partial charge on any atom is 0.311 e. The monoisotopic (exact) mass is 405 g/mol. The minimum absolute atomic E-state index is 0.121. The first-order valence-electron chi connectivity index (χ1n) is 8.23. The molecule has 28 heavy (non-hydrogen) atoms. The Kier molecular flexibility index (Phi) is 5.89. The Labute approximate surface area is 162 Å². The number of rotatable bonds is 7. The lowest BCUT2D eigenvalue weighted by Crippen LogP contribution is -2.18. The van der Waals surface area contributed by atoms with Gasteiger partial charge in [0.05, 0.1) is 11.6 Å². The normalized spacial score (nSPS) is 12.0. The Balaban J connectivity index is 1.71. The first-order valence-corrected chi connectivity index (χ1v) is 9.11. The number of hydrogen-bond donors (Lipinski definition) is 1. The molecule has 4 nitrogen and oxygen atoms in total. The van der Waals surface area contributed by atoms with Gasteiger partial charge in [-0.15, -0.1) is 11.3 Å². The summed E-state index contributed by atoms with van der Waals surface area (Å²) in [6.07, 6.45) is -0.564. The van der Waals surface area contributed by atoms with Gasteiger partial charge >= 0.3 is 5.97 Å². The number of carbonyl (C=O) groups excluding carboxylic acids is 1. The van der Waals surface area contributed by atoms with E-state index in [9.17, 15) is 27.9 Å². The molecule has 3 aromatic rings. The second-order valence-electron chi connectivity index (χ2n) is 6.13. The molecular formula is C20H14F3NO3S. The van der Waals surface area contributed by atoms with Crippen molar-refractivity contribution in [2.75, 3.05) is 0 Å². The molecule has 0 fully saturated rings. The number of aromatic nitrogens is 1. The van der Waals surface area contributed by atoms with Crippen molar-refractivity contribution in [2.45, 2.75) is 18.8 Å². The summed E-state index contributed by atoms with van der Waals surface area (Å²) in [6, 6.07) is 8.31. The predicted molar refractivity (Wildman–Crippen MR) is 97.6 cm³/mol. The van der Waals surface area contributed by atoms with Gasteiger partial charge in [-0.2, -0.15) is 0 Å². The molecule has 0 spiro atoms. The Morgan fingerprint density at radius 3 is 2.36 bits per heavy atom. The fourth-order valence-electron chi connectivity index (χ4n) is 2.73. The van der Waals surface area contributed by atoms with Crippen LogP contribution in [0.5, 0.6) is 0 Å². The number of benzene rings is 2. The standard InChI is InChI=1S/C20H14F3NO3S/c21-12-3-1-11(2-4-12)19-24-14(10-28-19)8-15(25)9-17(20(26)27)16-6-5-13(22)7-18(16)23/h1-7,10,17H,8-9H2,(H,26,27). The van der Waals surface area contributed by atoms with Crippen LogP contribution < -0.4 is 0 Å². The highest BCUT2D eigenvalue weighted by Crippen LogP contribution is 2.27. The highest BCUT2D eigenvalue weighted by Gasteiger charge is 2.26. The van der Waals surface area contributed by atoms with Crippen LogP contribution >= 0.6 is 11.3 Å². The molecule has 1 atom stereocenters. The summed E-state index contributed by atoms with van der Waals surface area (Å²) in [7, 11) is 0. The van der Waals surface area contributed by atoms with E-state index < -0.39 is 35.7 Å². The molecule has 2 aromatic carbocycles. The summed E-state index contributed by atoms with van der Waals surface area (Å²) in [5.41, 5.74) is 0.896. The number of Topliss-reactive ketones (excluding diaryl/α,β-unsaturated/α-hetero) is 1. The van der Waals surface area contributed by atoms with Gasteiger partial charge in [-0.3, -0.25) is 9.59 Å². The van der Waals surface area contributed by atoms with Crippen LogP contribution in [0.25, 0.3) is 10.6 Å². The van der Waals surface area contributed by atoms with E-state index in [0.717, 1.165) is 12.1 Å². The number of carboxylic acids is 1. The molecule has 144 valence electrons. The quantitative estimate of drug-likeness (QED) is 0.624. The van der Waals surface area contributed by atoms with Crippen molar-refractivity contribution in [1.29, 1.82) is 0 Å². The van der Waals surface area contributed by atoms with Crippen LogP contribution in [0.3, 0.4) is 0 Å². The molecule has 0 bridgehead atoms.